The van der Waals surface area contributed by atoms with Crippen LogP contribution >= 0.6 is 0 Å². The number of anilines is 1. The van der Waals surface area contributed by atoms with Crippen LogP contribution in [-0.4, -0.2) is 70.8 Å². The van der Waals surface area contributed by atoms with Crippen LogP contribution in [-0.2, 0) is 26.2 Å². The van der Waals surface area contributed by atoms with Gasteiger partial charge in [-0.05, 0) is 50.1 Å². The second-order valence-electron chi connectivity index (χ2n) is 8.71. The number of carbonyl (C=O) groups is 2. The molecule has 1 N–H and O–H groups in total. The van der Waals surface area contributed by atoms with E-state index in [2.05, 4.69) is 5.32 Å². The minimum Gasteiger partial charge on any atom is -0.497 e. The van der Waals surface area contributed by atoms with Crippen molar-refractivity contribution in [3.63, 3.8) is 0 Å². The molecule has 0 spiro atoms. The number of hydrogen-bond donors (Lipinski definition) is 1. The van der Waals surface area contributed by atoms with Crippen LogP contribution in [0.3, 0.4) is 0 Å². The molecular weight excluding hydrogens is 498 g/mol. The maximum atomic E-state index is 13.3. The predicted molar refractivity (Wildman–Crippen MR) is 141 cm³/mol. The van der Waals surface area contributed by atoms with E-state index >= 15 is 0 Å². The highest BCUT2D eigenvalue weighted by molar-refractivity contribution is 7.92. The molecule has 0 saturated carbocycles. The molecule has 2 aromatic carbocycles. The van der Waals surface area contributed by atoms with Crippen LogP contribution in [0.15, 0.2) is 42.5 Å². The second-order valence-corrected chi connectivity index (χ2v) is 10.6. The summed E-state index contributed by atoms with van der Waals surface area (Å²) >= 11 is 0. The summed E-state index contributed by atoms with van der Waals surface area (Å²) in [5.41, 5.74) is 1.25. The van der Waals surface area contributed by atoms with Gasteiger partial charge in [-0.25, -0.2) is 8.42 Å². The van der Waals surface area contributed by atoms with Crippen molar-refractivity contribution in [2.75, 3.05) is 44.0 Å². The molecular formula is C26H35N3O7S. The zero-order valence-electron chi connectivity index (χ0n) is 21.7. The summed E-state index contributed by atoms with van der Waals surface area (Å²) in [6.07, 6.45) is 1.44. The fourth-order valence-corrected chi connectivity index (χ4v) is 5.02. The Balaban J connectivity index is 1.74. The lowest BCUT2D eigenvalue weighted by Crippen LogP contribution is -2.47. The van der Waals surface area contributed by atoms with Gasteiger partial charge in [0, 0.05) is 32.1 Å². The fraction of sp³-hybridized carbons (Fsp3) is 0.462. The summed E-state index contributed by atoms with van der Waals surface area (Å²) in [7, 11) is -2.06. The van der Waals surface area contributed by atoms with Crippen molar-refractivity contribution in [3.8, 4) is 17.2 Å². The van der Waals surface area contributed by atoms with Gasteiger partial charge in [0.15, 0.2) is 11.5 Å². The molecule has 11 heteroatoms. The maximum Gasteiger partial charge on any atom is 0.242 e. The summed E-state index contributed by atoms with van der Waals surface area (Å²) in [5.74, 6) is 1.18. The summed E-state index contributed by atoms with van der Waals surface area (Å²) in [6, 6.07) is 11.6. The van der Waals surface area contributed by atoms with E-state index in [1.54, 1.807) is 38.3 Å². The molecule has 2 aromatic rings. The van der Waals surface area contributed by atoms with Crippen LogP contribution in [0, 0.1) is 0 Å². The Hall–Kier alpha value is -3.47. The first-order valence-electron chi connectivity index (χ1n) is 12.2. The number of fused-ring (bicyclic) bond motifs is 1. The van der Waals surface area contributed by atoms with Gasteiger partial charge in [-0.15, -0.1) is 0 Å². The highest BCUT2D eigenvalue weighted by Gasteiger charge is 2.27. The molecule has 0 aromatic heterocycles. The molecule has 37 heavy (non-hydrogen) atoms. The van der Waals surface area contributed by atoms with Gasteiger partial charge in [0.05, 0.1) is 19.1 Å². The number of ether oxygens (including phenoxy) is 3. The van der Waals surface area contributed by atoms with Crippen LogP contribution in [0.2, 0.25) is 0 Å². The Morgan fingerprint density at radius 1 is 1.11 bits per heavy atom. The highest BCUT2D eigenvalue weighted by atomic mass is 32.2. The smallest absolute Gasteiger partial charge is 0.242 e. The normalized spacial score (nSPS) is 13.4. The zero-order chi connectivity index (χ0) is 27.0. The number of carbonyl (C=O) groups excluding carboxylic acids is 2. The quantitative estimate of drug-likeness (QED) is 0.446. The minimum atomic E-state index is -3.62. The van der Waals surface area contributed by atoms with Crippen molar-refractivity contribution in [1.29, 1.82) is 0 Å². The molecule has 1 aliphatic heterocycles. The molecule has 0 bridgehead atoms. The molecule has 1 atom stereocenters. The Morgan fingerprint density at radius 2 is 1.84 bits per heavy atom. The SMILES string of the molecule is CCNC(=O)C(C)N(Cc1cccc(OC)c1)C(=O)CCCN(c1ccc2c(c1)OCCO2)S(C)(=O)=O. The lowest BCUT2D eigenvalue weighted by molar-refractivity contribution is -0.140. The van der Waals surface area contributed by atoms with Gasteiger partial charge in [0.25, 0.3) is 0 Å². The van der Waals surface area contributed by atoms with E-state index in [1.807, 2.05) is 25.1 Å². The third-order valence-corrected chi connectivity index (χ3v) is 7.17. The van der Waals surface area contributed by atoms with Crippen LogP contribution in [0.4, 0.5) is 5.69 Å². The Labute approximate surface area is 218 Å². The third-order valence-electron chi connectivity index (χ3n) is 5.97. The van der Waals surface area contributed by atoms with Gasteiger partial charge in [-0.1, -0.05) is 12.1 Å². The number of amides is 2. The van der Waals surface area contributed by atoms with E-state index in [4.69, 9.17) is 14.2 Å². The van der Waals surface area contributed by atoms with E-state index in [1.165, 1.54) is 9.21 Å². The van der Waals surface area contributed by atoms with Crippen molar-refractivity contribution in [2.45, 2.75) is 39.3 Å². The Kier molecular flexibility index (Phi) is 9.62. The molecule has 3 rings (SSSR count). The van der Waals surface area contributed by atoms with Crippen molar-refractivity contribution in [2.24, 2.45) is 0 Å². The molecule has 1 heterocycles. The zero-order valence-corrected chi connectivity index (χ0v) is 22.5. The van der Waals surface area contributed by atoms with Gasteiger partial charge < -0.3 is 24.4 Å². The number of likely N-dealkylation sites (N-methyl/N-ethyl adjacent to an activating group) is 1. The van der Waals surface area contributed by atoms with E-state index in [-0.39, 0.29) is 37.7 Å². The molecule has 0 fully saturated rings. The highest BCUT2D eigenvalue weighted by Crippen LogP contribution is 2.34. The molecule has 1 aliphatic rings. The lowest BCUT2D eigenvalue weighted by Gasteiger charge is -2.29. The average molecular weight is 534 g/mol. The second kappa shape index (κ2) is 12.7. The first-order chi connectivity index (χ1) is 17.6. The lowest BCUT2D eigenvalue weighted by atomic mass is 10.1. The minimum absolute atomic E-state index is 0.0598. The van der Waals surface area contributed by atoms with Gasteiger partial charge in [-0.2, -0.15) is 0 Å². The maximum absolute atomic E-state index is 13.3. The molecule has 1 unspecified atom stereocenters. The largest absolute Gasteiger partial charge is 0.497 e. The summed E-state index contributed by atoms with van der Waals surface area (Å²) in [4.78, 5) is 27.4. The molecule has 0 aliphatic carbocycles. The van der Waals surface area contributed by atoms with Gasteiger partial charge >= 0.3 is 0 Å². The average Bonchev–Trinajstić information content (AvgIpc) is 2.88. The van der Waals surface area contributed by atoms with Crippen molar-refractivity contribution in [3.05, 3.63) is 48.0 Å². The number of sulfonamides is 1. The van der Waals surface area contributed by atoms with E-state index in [0.29, 0.717) is 42.7 Å². The standard InChI is InChI=1S/C26H35N3O7S/c1-5-27-26(31)19(2)28(18-20-8-6-9-22(16-20)34-3)25(30)10-7-13-29(37(4,32)33)21-11-12-23-24(17-21)36-15-14-35-23/h6,8-9,11-12,16-17,19H,5,7,10,13-15,18H2,1-4H3,(H,27,31). The number of rotatable bonds is 12. The molecule has 0 saturated heterocycles. The Bertz CT molecular complexity index is 1200. The Morgan fingerprint density at radius 3 is 2.51 bits per heavy atom. The van der Waals surface area contributed by atoms with Crippen LogP contribution in [0.5, 0.6) is 17.2 Å². The number of methoxy groups -OCH3 is 1. The van der Waals surface area contributed by atoms with Gasteiger partial charge in [0.2, 0.25) is 21.8 Å². The number of nitrogens with one attached hydrogen (secondary N) is 1. The van der Waals surface area contributed by atoms with Crippen LogP contribution < -0.4 is 23.8 Å². The van der Waals surface area contributed by atoms with Crippen molar-refractivity contribution >= 4 is 27.5 Å². The molecule has 2 amide bonds. The third kappa shape index (κ3) is 7.51. The first kappa shape index (κ1) is 28.1. The molecule has 10 nitrogen and oxygen atoms in total. The van der Waals surface area contributed by atoms with E-state index in [0.717, 1.165) is 11.8 Å². The van der Waals surface area contributed by atoms with Crippen molar-refractivity contribution < 1.29 is 32.2 Å². The topological polar surface area (TPSA) is 114 Å². The fourth-order valence-electron chi connectivity index (χ4n) is 4.06. The van der Waals surface area contributed by atoms with E-state index < -0.39 is 16.1 Å². The van der Waals surface area contributed by atoms with Gasteiger partial charge in [-0.3, -0.25) is 13.9 Å². The monoisotopic (exact) mass is 533 g/mol. The van der Waals surface area contributed by atoms with Crippen LogP contribution in [0.25, 0.3) is 0 Å². The summed E-state index contributed by atoms with van der Waals surface area (Å²) in [5, 5.41) is 2.76. The number of nitrogens with zero attached hydrogens (tertiary/aromatic N) is 2. The molecule has 202 valence electrons. The number of hydrogen-bond acceptors (Lipinski definition) is 7. The summed E-state index contributed by atoms with van der Waals surface area (Å²) < 4.78 is 42.8. The van der Waals surface area contributed by atoms with Gasteiger partial charge in [0.1, 0.15) is 25.0 Å². The van der Waals surface area contributed by atoms with E-state index in [9.17, 15) is 18.0 Å². The van der Waals surface area contributed by atoms with Crippen molar-refractivity contribution in [1.82, 2.24) is 10.2 Å². The summed E-state index contributed by atoms with van der Waals surface area (Å²) in [6.45, 7) is 5.07. The van der Waals surface area contributed by atoms with Crippen LogP contribution in [0.1, 0.15) is 32.3 Å². The first-order valence-corrected chi connectivity index (χ1v) is 14.1. The number of benzene rings is 2. The predicted octanol–water partition coefficient (Wildman–Crippen LogP) is 2.57. The molecule has 0 radical (unpaired) electrons.